The molecule has 0 aliphatic heterocycles. The third kappa shape index (κ3) is 7.90. The van der Waals surface area contributed by atoms with E-state index in [1.165, 1.54) is 13.2 Å². The normalized spacial score (nSPS) is 13.5. The molecule has 0 saturated carbocycles. The smallest absolute Gasteiger partial charge is 0.438 e. The lowest BCUT2D eigenvalue weighted by atomic mass is 9.90. The van der Waals surface area contributed by atoms with Gasteiger partial charge < -0.3 is 9.47 Å². The fourth-order valence-electron chi connectivity index (χ4n) is 1.37. The summed E-state index contributed by atoms with van der Waals surface area (Å²) in [4.78, 5) is 10.6. The molecule has 0 aromatic heterocycles. The average Bonchev–Trinajstić information content (AvgIpc) is 1.97. The van der Waals surface area contributed by atoms with Gasteiger partial charge in [0.15, 0.2) is 0 Å². The quantitative estimate of drug-likeness (QED) is 0.512. The van der Waals surface area contributed by atoms with Crippen LogP contribution in [0, 0.1) is 0 Å². The van der Waals surface area contributed by atoms with Crippen LogP contribution in [-0.4, -0.2) is 35.8 Å². The van der Waals surface area contributed by atoms with Crippen molar-refractivity contribution in [2.75, 3.05) is 13.7 Å². The average molecular weight is 202 g/mol. The zero-order valence-corrected chi connectivity index (χ0v) is 10.2. The van der Waals surface area contributed by atoms with Gasteiger partial charge in [-0.3, -0.25) is 0 Å². The van der Waals surface area contributed by atoms with Crippen LogP contribution in [0.2, 0.25) is 31.5 Å². The molecule has 76 valence electrons. The Morgan fingerprint density at radius 1 is 1.46 bits per heavy atom. The highest BCUT2D eigenvalue weighted by Gasteiger charge is 2.18. The molecule has 0 unspecified atom stereocenters. The summed E-state index contributed by atoms with van der Waals surface area (Å²) >= 11 is 0. The molecule has 0 fully saturated rings. The SMILES string of the molecule is B[C@@H](COC(=O)OC)C[Si](C)(C)C. The van der Waals surface area contributed by atoms with Gasteiger partial charge in [-0.2, -0.15) is 0 Å². The summed E-state index contributed by atoms with van der Waals surface area (Å²) in [6, 6.07) is 1.17. The summed E-state index contributed by atoms with van der Waals surface area (Å²) in [6.07, 6.45) is -0.581. The summed E-state index contributed by atoms with van der Waals surface area (Å²) in [5, 5.41) is 0. The Labute approximate surface area is 82.2 Å². The topological polar surface area (TPSA) is 35.5 Å². The number of methoxy groups -OCH3 is 1. The maximum atomic E-state index is 10.6. The summed E-state index contributed by atoms with van der Waals surface area (Å²) in [6.45, 7) is 7.39. The molecule has 0 rings (SSSR count). The van der Waals surface area contributed by atoms with E-state index in [4.69, 9.17) is 4.74 Å². The van der Waals surface area contributed by atoms with Crippen LogP contribution in [0.4, 0.5) is 4.79 Å². The predicted octanol–water partition coefficient (Wildman–Crippen LogP) is 1.53. The van der Waals surface area contributed by atoms with Gasteiger partial charge >= 0.3 is 6.16 Å². The van der Waals surface area contributed by atoms with Crippen molar-refractivity contribution in [3.8, 4) is 0 Å². The van der Waals surface area contributed by atoms with Gasteiger partial charge in [0.2, 0.25) is 0 Å². The number of ether oxygens (including phenoxy) is 2. The van der Waals surface area contributed by atoms with E-state index in [-0.39, 0.29) is 0 Å². The first-order valence-electron chi connectivity index (χ1n) is 4.56. The Morgan fingerprint density at radius 3 is 2.38 bits per heavy atom. The van der Waals surface area contributed by atoms with E-state index < -0.39 is 14.2 Å². The van der Waals surface area contributed by atoms with Crippen LogP contribution in [0.5, 0.6) is 0 Å². The number of carbonyl (C=O) groups is 1. The van der Waals surface area contributed by atoms with E-state index in [1.54, 1.807) is 0 Å². The van der Waals surface area contributed by atoms with Gasteiger partial charge in [0, 0.05) is 8.07 Å². The molecule has 0 radical (unpaired) electrons. The highest BCUT2D eigenvalue weighted by atomic mass is 28.3. The zero-order valence-electron chi connectivity index (χ0n) is 9.22. The Kier molecular flexibility index (Phi) is 5.13. The second-order valence-electron chi connectivity index (χ2n) is 4.64. The summed E-state index contributed by atoms with van der Waals surface area (Å²) in [5.41, 5.74) is 0. The molecular formula is C8H19BO3Si. The molecule has 0 N–H and O–H groups in total. The second kappa shape index (κ2) is 5.32. The lowest BCUT2D eigenvalue weighted by molar-refractivity contribution is 0.0729. The van der Waals surface area contributed by atoms with Crippen molar-refractivity contribution < 1.29 is 14.3 Å². The van der Waals surface area contributed by atoms with Crippen molar-refractivity contribution in [1.82, 2.24) is 0 Å². The van der Waals surface area contributed by atoms with Crippen molar-refractivity contribution >= 4 is 22.1 Å². The molecule has 0 bridgehead atoms. The second-order valence-corrected chi connectivity index (χ2v) is 10.2. The van der Waals surface area contributed by atoms with Gasteiger partial charge in [-0.25, -0.2) is 4.79 Å². The number of hydrogen-bond acceptors (Lipinski definition) is 3. The van der Waals surface area contributed by atoms with Gasteiger partial charge in [-0.1, -0.05) is 25.7 Å². The maximum absolute atomic E-state index is 10.6. The molecule has 0 spiro atoms. The minimum absolute atomic E-state index is 0.436. The van der Waals surface area contributed by atoms with E-state index in [0.717, 1.165) is 0 Å². The first-order chi connectivity index (χ1) is 5.85. The van der Waals surface area contributed by atoms with E-state index >= 15 is 0 Å². The first kappa shape index (κ1) is 12.6. The summed E-state index contributed by atoms with van der Waals surface area (Å²) in [7, 11) is 2.39. The highest BCUT2D eigenvalue weighted by Crippen LogP contribution is 2.18. The lowest BCUT2D eigenvalue weighted by Gasteiger charge is -2.20. The largest absolute Gasteiger partial charge is 0.507 e. The van der Waals surface area contributed by atoms with Gasteiger partial charge in [0.25, 0.3) is 0 Å². The minimum Gasteiger partial charge on any atom is -0.438 e. The molecule has 1 atom stereocenters. The van der Waals surface area contributed by atoms with E-state index in [9.17, 15) is 4.79 Å². The zero-order chi connectivity index (χ0) is 10.5. The Hall–Kier alpha value is -0.448. The van der Waals surface area contributed by atoms with E-state index in [0.29, 0.717) is 12.4 Å². The molecule has 0 aromatic carbocycles. The fraction of sp³-hybridized carbons (Fsp3) is 0.875. The lowest BCUT2D eigenvalue weighted by Crippen LogP contribution is -2.24. The van der Waals surface area contributed by atoms with Crippen LogP contribution in [0.25, 0.3) is 0 Å². The monoisotopic (exact) mass is 202 g/mol. The molecule has 3 nitrogen and oxygen atoms in total. The van der Waals surface area contributed by atoms with Crippen LogP contribution < -0.4 is 0 Å². The van der Waals surface area contributed by atoms with E-state index in [1.807, 2.05) is 0 Å². The maximum Gasteiger partial charge on any atom is 0.507 e. The van der Waals surface area contributed by atoms with Crippen LogP contribution >= 0.6 is 0 Å². The Balaban J connectivity index is 3.63. The minimum atomic E-state index is -1.03. The van der Waals surface area contributed by atoms with Crippen molar-refractivity contribution in [2.24, 2.45) is 0 Å². The highest BCUT2D eigenvalue weighted by molar-refractivity contribution is 6.76. The number of rotatable bonds is 4. The molecule has 0 amide bonds. The molecule has 0 aliphatic rings. The van der Waals surface area contributed by atoms with Gasteiger partial charge in [-0.05, 0) is 5.82 Å². The van der Waals surface area contributed by atoms with Crippen LogP contribution in [0.1, 0.15) is 0 Å². The number of hydrogen-bond donors (Lipinski definition) is 0. The molecule has 13 heavy (non-hydrogen) atoms. The predicted molar refractivity (Wildman–Crippen MR) is 58.8 cm³/mol. The molecular weight excluding hydrogens is 183 g/mol. The van der Waals surface area contributed by atoms with Crippen molar-refractivity contribution in [2.45, 2.75) is 31.5 Å². The van der Waals surface area contributed by atoms with Gasteiger partial charge in [-0.15, -0.1) is 0 Å². The van der Waals surface area contributed by atoms with Crippen molar-refractivity contribution in [1.29, 1.82) is 0 Å². The molecule has 0 aliphatic carbocycles. The van der Waals surface area contributed by atoms with Crippen LogP contribution in [0.15, 0.2) is 0 Å². The van der Waals surface area contributed by atoms with Crippen molar-refractivity contribution in [3.05, 3.63) is 0 Å². The van der Waals surface area contributed by atoms with E-state index in [2.05, 4.69) is 32.2 Å². The number of carbonyl (C=O) groups excluding carboxylic acids is 1. The standard InChI is InChI=1S/C8H19BO3Si/c1-11-8(10)12-5-7(9)6-13(2,3)4/h7H,5-6,9H2,1-4H3/t7-/m0/s1. The molecule has 5 heteroatoms. The Morgan fingerprint density at radius 2 is 2.00 bits per heavy atom. The molecule has 0 saturated heterocycles. The summed E-state index contributed by atoms with van der Waals surface area (Å²) in [5.74, 6) is 0.436. The van der Waals surface area contributed by atoms with Crippen LogP contribution in [0.3, 0.4) is 0 Å². The third-order valence-corrected chi connectivity index (χ3v) is 3.53. The fourth-order valence-corrected chi connectivity index (χ4v) is 3.58. The van der Waals surface area contributed by atoms with Crippen LogP contribution in [-0.2, 0) is 9.47 Å². The third-order valence-electron chi connectivity index (χ3n) is 1.61. The molecule has 0 aromatic rings. The van der Waals surface area contributed by atoms with Crippen molar-refractivity contribution in [3.63, 3.8) is 0 Å². The summed E-state index contributed by atoms with van der Waals surface area (Å²) < 4.78 is 9.24. The first-order valence-corrected chi connectivity index (χ1v) is 8.26. The van der Waals surface area contributed by atoms with Gasteiger partial charge in [0.05, 0.1) is 13.7 Å². The Bertz CT molecular complexity index is 167. The van der Waals surface area contributed by atoms with Gasteiger partial charge in [0.1, 0.15) is 7.85 Å². The molecule has 0 heterocycles.